The van der Waals surface area contributed by atoms with Gasteiger partial charge in [-0.3, -0.25) is 9.59 Å². The van der Waals surface area contributed by atoms with Crippen molar-refractivity contribution < 1.29 is 22.8 Å². The number of rotatable bonds is 4. The normalized spacial score (nSPS) is 21.5. The molecule has 2 aliphatic rings. The smallest absolute Gasteiger partial charge is 0.341 e. The third kappa shape index (κ3) is 4.60. The van der Waals surface area contributed by atoms with Crippen LogP contribution in [0.3, 0.4) is 0 Å². The van der Waals surface area contributed by atoms with E-state index < -0.39 is 17.9 Å². The van der Waals surface area contributed by atoms with Gasteiger partial charge in [0.05, 0.1) is 12.2 Å². The van der Waals surface area contributed by atoms with E-state index in [9.17, 15) is 22.8 Å². The fourth-order valence-corrected chi connectivity index (χ4v) is 3.79. The zero-order chi connectivity index (χ0) is 20.5. The molecular formula is C18H24F3N5O2. The van der Waals surface area contributed by atoms with Crippen molar-refractivity contribution in [1.82, 2.24) is 19.8 Å². The lowest BCUT2D eigenvalue weighted by Gasteiger charge is -2.33. The molecule has 1 fully saturated rings. The predicted octanol–water partition coefficient (Wildman–Crippen LogP) is 1.36. The number of carbonyl (C=O) groups is 2. The highest BCUT2D eigenvalue weighted by molar-refractivity contribution is 5.78. The van der Waals surface area contributed by atoms with Gasteiger partial charge in [0, 0.05) is 44.1 Å². The third-order valence-corrected chi connectivity index (χ3v) is 5.26. The maximum absolute atomic E-state index is 13.1. The number of likely N-dealkylation sites (tertiary alicyclic amines) is 1. The van der Waals surface area contributed by atoms with Gasteiger partial charge in [0.15, 0.2) is 5.69 Å². The summed E-state index contributed by atoms with van der Waals surface area (Å²) in [5.74, 6) is 0.203. The summed E-state index contributed by atoms with van der Waals surface area (Å²) in [5.41, 5.74) is 5.42. The molecule has 2 atom stereocenters. The maximum atomic E-state index is 13.1. The molecule has 7 nitrogen and oxygen atoms in total. The summed E-state index contributed by atoms with van der Waals surface area (Å²) in [7, 11) is 0. The first-order chi connectivity index (χ1) is 13.1. The van der Waals surface area contributed by atoms with Gasteiger partial charge >= 0.3 is 6.18 Å². The molecule has 10 heteroatoms. The number of halogens is 3. The molecule has 1 aromatic rings. The highest BCUT2D eigenvalue weighted by atomic mass is 19.4. The van der Waals surface area contributed by atoms with Crippen molar-refractivity contribution in [3.05, 3.63) is 23.3 Å². The second kappa shape index (κ2) is 8.02. The van der Waals surface area contributed by atoms with Crippen LogP contribution in [0.5, 0.6) is 0 Å². The molecule has 2 N–H and O–H groups in total. The monoisotopic (exact) mass is 399 g/mol. The van der Waals surface area contributed by atoms with E-state index in [0.717, 1.165) is 12.7 Å². The van der Waals surface area contributed by atoms with Crippen LogP contribution in [0.4, 0.5) is 13.2 Å². The van der Waals surface area contributed by atoms with E-state index in [1.165, 1.54) is 4.90 Å². The summed E-state index contributed by atoms with van der Waals surface area (Å²) < 4.78 is 39.2. The van der Waals surface area contributed by atoms with Crippen molar-refractivity contribution in [2.45, 2.75) is 51.4 Å². The number of nitrogens with two attached hydrogens (primary N) is 1. The fraction of sp³-hybridized carbons (Fsp3) is 0.667. The number of carbonyl (C=O) groups excluding carboxylic acids is 2. The number of nitrogens with zero attached hydrogens (tertiary/aromatic N) is 4. The Bertz CT molecular complexity index is 755. The van der Waals surface area contributed by atoms with Gasteiger partial charge in [-0.05, 0) is 18.8 Å². The first-order valence-corrected chi connectivity index (χ1v) is 9.36. The van der Waals surface area contributed by atoms with Crippen LogP contribution in [0.15, 0.2) is 6.33 Å². The largest absolute Gasteiger partial charge is 0.433 e. The van der Waals surface area contributed by atoms with Crippen LogP contribution in [0.1, 0.15) is 43.1 Å². The molecular weight excluding hydrogens is 375 g/mol. The van der Waals surface area contributed by atoms with Crippen LogP contribution in [0.25, 0.3) is 0 Å². The topological polar surface area (TPSA) is 92.4 Å². The van der Waals surface area contributed by atoms with E-state index in [-0.39, 0.29) is 49.0 Å². The molecule has 0 saturated carbocycles. The summed E-state index contributed by atoms with van der Waals surface area (Å²) >= 11 is 0. The first-order valence-electron chi connectivity index (χ1n) is 9.36. The molecule has 2 amide bonds. The Balaban J connectivity index is 1.60. The number of hydrogen-bond donors (Lipinski definition) is 1. The molecule has 0 bridgehead atoms. The number of amides is 2. The molecule has 0 unspecified atom stereocenters. The fourth-order valence-electron chi connectivity index (χ4n) is 3.79. The van der Waals surface area contributed by atoms with Gasteiger partial charge in [0.1, 0.15) is 6.33 Å². The number of piperidine rings is 1. The minimum atomic E-state index is -4.54. The molecule has 3 heterocycles. The average Bonchev–Trinajstić information content (AvgIpc) is 2.62. The highest BCUT2D eigenvalue weighted by Gasteiger charge is 2.38. The lowest BCUT2D eigenvalue weighted by molar-refractivity contribution is -0.142. The van der Waals surface area contributed by atoms with Crippen molar-refractivity contribution in [1.29, 1.82) is 0 Å². The Morgan fingerprint density at radius 3 is 2.82 bits per heavy atom. The standard InChI is InChI=1S/C18H24F3N5O2/c1-11-2-3-15(27)26(7-11)8-12(22)6-16(28)25-5-4-13-14(9-25)23-10-24-17(13)18(19,20)21/h10-12H,2-9,22H2,1H3/t11-,12+/m1/s1. The van der Waals surface area contributed by atoms with E-state index in [4.69, 9.17) is 5.73 Å². The summed E-state index contributed by atoms with van der Waals surface area (Å²) in [6, 6.07) is -0.515. The number of aromatic nitrogens is 2. The summed E-state index contributed by atoms with van der Waals surface area (Å²) in [6.45, 7) is 3.17. The molecule has 1 saturated heterocycles. The Morgan fingerprint density at radius 2 is 2.11 bits per heavy atom. The zero-order valence-electron chi connectivity index (χ0n) is 15.7. The Hall–Kier alpha value is -2.23. The molecule has 0 spiro atoms. The van der Waals surface area contributed by atoms with Crippen molar-refractivity contribution >= 4 is 11.8 Å². The summed E-state index contributed by atoms with van der Waals surface area (Å²) in [4.78, 5) is 35.0. The van der Waals surface area contributed by atoms with E-state index >= 15 is 0 Å². The van der Waals surface area contributed by atoms with Crippen LogP contribution in [0, 0.1) is 5.92 Å². The summed E-state index contributed by atoms with van der Waals surface area (Å²) in [6.07, 6.45) is -2.23. The predicted molar refractivity (Wildman–Crippen MR) is 93.7 cm³/mol. The van der Waals surface area contributed by atoms with Gasteiger partial charge < -0.3 is 15.5 Å². The van der Waals surface area contributed by atoms with Gasteiger partial charge in [-0.1, -0.05) is 6.92 Å². The summed E-state index contributed by atoms with van der Waals surface area (Å²) in [5, 5.41) is 0. The second-order valence-corrected chi connectivity index (χ2v) is 7.62. The average molecular weight is 399 g/mol. The van der Waals surface area contributed by atoms with E-state index in [2.05, 4.69) is 16.9 Å². The second-order valence-electron chi connectivity index (χ2n) is 7.62. The molecule has 28 heavy (non-hydrogen) atoms. The molecule has 3 rings (SSSR count). The quantitative estimate of drug-likeness (QED) is 0.825. The van der Waals surface area contributed by atoms with Crippen LogP contribution < -0.4 is 5.73 Å². The van der Waals surface area contributed by atoms with Crippen molar-refractivity contribution in [2.75, 3.05) is 19.6 Å². The minimum Gasteiger partial charge on any atom is -0.341 e. The number of alkyl halides is 3. The highest BCUT2D eigenvalue weighted by Crippen LogP contribution is 2.33. The van der Waals surface area contributed by atoms with Crippen LogP contribution in [-0.2, 0) is 28.7 Å². The lowest BCUT2D eigenvalue weighted by atomic mass is 9.98. The van der Waals surface area contributed by atoms with Gasteiger partial charge in [-0.25, -0.2) is 9.97 Å². The van der Waals surface area contributed by atoms with E-state index in [0.29, 0.717) is 25.4 Å². The molecule has 0 aromatic carbocycles. The maximum Gasteiger partial charge on any atom is 0.433 e. The van der Waals surface area contributed by atoms with Gasteiger partial charge in [-0.15, -0.1) is 0 Å². The van der Waals surface area contributed by atoms with Gasteiger partial charge in [0.2, 0.25) is 11.8 Å². The van der Waals surface area contributed by atoms with Crippen LogP contribution >= 0.6 is 0 Å². The molecule has 154 valence electrons. The Morgan fingerprint density at radius 1 is 1.36 bits per heavy atom. The molecule has 2 aliphatic heterocycles. The molecule has 0 aliphatic carbocycles. The van der Waals surface area contributed by atoms with Crippen molar-refractivity contribution in [3.8, 4) is 0 Å². The SMILES string of the molecule is C[C@@H]1CCC(=O)N(C[C@@H](N)CC(=O)N2CCc3c(ncnc3C(F)(F)F)C2)C1. The Kier molecular flexibility index (Phi) is 5.87. The first kappa shape index (κ1) is 20.5. The van der Waals surface area contributed by atoms with Gasteiger partial charge in [0.25, 0.3) is 0 Å². The zero-order valence-corrected chi connectivity index (χ0v) is 15.7. The van der Waals surface area contributed by atoms with Crippen molar-refractivity contribution in [2.24, 2.45) is 11.7 Å². The third-order valence-electron chi connectivity index (χ3n) is 5.26. The number of fused-ring (bicyclic) bond motifs is 1. The number of hydrogen-bond acceptors (Lipinski definition) is 5. The molecule has 0 radical (unpaired) electrons. The minimum absolute atomic E-state index is 0.00612. The lowest BCUT2D eigenvalue weighted by Crippen LogP contribution is -2.48. The Labute approximate surface area is 161 Å². The van der Waals surface area contributed by atoms with E-state index in [1.54, 1.807) is 4.90 Å². The van der Waals surface area contributed by atoms with Crippen molar-refractivity contribution in [3.63, 3.8) is 0 Å². The van der Waals surface area contributed by atoms with E-state index in [1.807, 2.05) is 0 Å². The van der Waals surface area contributed by atoms with Crippen LogP contribution in [0.2, 0.25) is 0 Å². The molecule has 1 aromatic heterocycles. The van der Waals surface area contributed by atoms with Crippen LogP contribution in [-0.4, -0.2) is 57.3 Å². The van der Waals surface area contributed by atoms with Gasteiger partial charge in [-0.2, -0.15) is 13.2 Å².